The Morgan fingerprint density at radius 3 is 1.78 bits per heavy atom. The molecular formula is C40H58O5. The van der Waals surface area contributed by atoms with Crippen LogP contribution in [0.3, 0.4) is 0 Å². The normalized spacial score (nSPS) is 36.5. The van der Waals surface area contributed by atoms with Crippen LogP contribution in [-0.4, -0.2) is 55.5 Å². The minimum atomic E-state index is -1.45. The third-order valence-electron chi connectivity index (χ3n) is 9.91. The Bertz CT molecular complexity index is 1340. The first kappa shape index (κ1) is 36.9. The quantitative estimate of drug-likeness (QED) is 0.156. The molecule has 0 unspecified atom stereocenters. The SMILES string of the molecule is CC(/C=C/C=C(C)/C=C/[C@]1(O)C(C)(C)C[C@H](O)C[C@@]1(C)O)=C\C=C\C=C(C)\C=C\C=C(/C)[C@H]1C=C2C(C)(C)C[C@H](O)C[C@@]2(C)O1. The molecule has 2 fully saturated rings. The van der Waals surface area contributed by atoms with E-state index in [9.17, 15) is 20.4 Å². The minimum Gasteiger partial charge on any atom is -0.393 e. The van der Waals surface area contributed by atoms with Gasteiger partial charge in [-0.25, -0.2) is 0 Å². The Kier molecular flexibility index (Phi) is 11.5. The third kappa shape index (κ3) is 8.84. The number of fused-ring (bicyclic) bond motifs is 1. The number of aliphatic hydroxyl groups excluding tert-OH is 2. The summed E-state index contributed by atoms with van der Waals surface area (Å²) in [6.07, 6.45) is 27.1. The van der Waals surface area contributed by atoms with Crippen LogP contribution < -0.4 is 0 Å². The van der Waals surface area contributed by atoms with Crippen molar-refractivity contribution in [3.05, 3.63) is 107 Å². The van der Waals surface area contributed by atoms with Gasteiger partial charge < -0.3 is 25.2 Å². The summed E-state index contributed by atoms with van der Waals surface area (Å²) in [6, 6.07) is 0. The lowest BCUT2D eigenvalue weighted by Gasteiger charge is -2.54. The highest BCUT2D eigenvalue weighted by Crippen LogP contribution is 2.52. The molecule has 45 heavy (non-hydrogen) atoms. The smallest absolute Gasteiger partial charge is 0.117 e. The Hall–Kier alpha value is -2.54. The largest absolute Gasteiger partial charge is 0.393 e. The van der Waals surface area contributed by atoms with Crippen LogP contribution >= 0.6 is 0 Å². The highest BCUT2D eigenvalue weighted by Gasteiger charge is 2.58. The van der Waals surface area contributed by atoms with E-state index in [1.165, 1.54) is 5.57 Å². The summed E-state index contributed by atoms with van der Waals surface area (Å²) in [7, 11) is 0. The van der Waals surface area contributed by atoms with E-state index >= 15 is 0 Å². The summed E-state index contributed by atoms with van der Waals surface area (Å²) in [5.41, 5.74) is 1.62. The van der Waals surface area contributed by atoms with E-state index in [4.69, 9.17) is 4.74 Å². The van der Waals surface area contributed by atoms with E-state index in [1.807, 2.05) is 70.2 Å². The van der Waals surface area contributed by atoms with Crippen LogP contribution in [0.2, 0.25) is 0 Å². The average molecular weight is 619 g/mol. The fourth-order valence-corrected chi connectivity index (χ4v) is 7.45. The molecule has 3 aliphatic rings. The summed E-state index contributed by atoms with van der Waals surface area (Å²) < 4.78 is 6.45. The van der Waals surface area contributed by atoms with Gasteiger partial charge in [0.1, 0.15) is 5.60 Å². The first-order chi connectivity index (χ1) is 20.7. The van der Waals surface area contributed by atoms with Gasteiger partial charge in [-0.2, -0.15) is 0 Å². The molecule has 0 amide bonds. The zero-order valence-corrected chi connectivity index (χ0v) is 29.3. The van der Waals surface area contributed by atoms with E-state index in [0.29, 0.717) is 12.8 Å². The van der Waals surface area contributed by atoms with Crippen LogP contribution in [-0.2, 0) is 4.74 Å². The van der Waals surface area contributed by atoms with Gasteiger partial charge >= 0.3 is 0 Å². The molecule has 0 bridgehead atoms. The first-order valence-corrected chi connectivity index (χ1v) is 16.3. The van der Waals surface area contributed by atoms with Gasteiger partial charge in [0, 0.05) is 18.3 Å². The second kappa shape index (κ2) is 14.1. The Labute approximate surface area is 272 Å². The number of hydrogen-bond acceptors (Lipinski definition) is 5. The molecule has 2 saturated carbocycles. The van der Waals surface area contributed by atoms with Gasteiger partial charge in [-0.1, -0.05) is 111 Å². The monoisotopic (exact) mass is 618 g/mol. The molecule has 5 heteroatoms. The highest BCUT2D eigenvalue weighted by atomic mass is 16.5. The molecule has 0 radical (unpaired) electrons. The molecule has 2 aliphatic carbocycles. The number of rotatable bonds is 9. The van der Waals surface area contributed by atoms with Crippen molar-refractivity contribution in [2.75, 3.05) is 0 Å². The topological polar surface area (TPSA) is 90.2 Å². The summed E-state index contributed by atoms with van der Waals surface area (Å²) in [5, 5.41) is 42.9. The fraction of sp³-hybridized carbons (Fsp3) is 0.550. The van der Waals surface area contributed by atoms with Gasteiger partial charge in [0.05, 0.1) is 29.5 Å². The third-order valence-corrected chi connectivity index (χ3v) is 9.91. The predicted octanol–water partition coefficient (Wildman–Crippen LogP) is 7.92. The summed E-state index contributed by atoms with van der Waals surface area (Å²) >= 11 is 0. The molecule has 5 nitrogen and oxygen atoms in total. The van der Waals surface area contributed by atoms with Crippen molar-refractivity contribution in [3.63, 3.8) is 0 Å². The molecule has 0 saturated heterocycles. The van der Waals surface area contributed by atoms with Crippen LogP contribution in [0.15, 0.2) is 107 Å². The fourth-order valence-electron chi connectivity index (χ4n) is 7.45. The molecule has 0 aromatic rings. The maximum absolute atomic E-state index is 11.4. The minimum absolute atomic E-state index is 0.0642. The molecule has 0 spiro atoms. The van der Waals surface area contributed by atoms with Crippen molar-refractivity contribution < 1.29 is 25.2 Å². The van der Waals surface area contributed by atoms with Gasteiger partial charge in [0.15, 0.2) is 0 Å². The molecule has 248 valence electrons. The van der Waals surface area contributed by atoms with E-state index in [-0.39, 0.29) is 24.0 Å². The summed E-state index contributed by atoms with van der Waals surface area (Å²) in [4.78, 5) is 0. The molecule has 1 aliphatic heterocycles. The molecule has 0 aromatic heterocycles. The van der Waals surface area contributed by atoms with E-state index in [1.54, 1.807) is 13.0 Å². The second-order valence-corrected chi connectivity index (χ2v) is 15.4. The molecule has 1 heterocycles. The van der Waals surface area contributed by atoms with E-state index in [2.05, 4.69) is 65.0 Å². The van der Waals surface area contributed by atoms with Crippen molar-refractivity contribution in [3.8, 4) is 0 Å². The van der Waals surface area contributed by atoms with Crippen LogP contribution in [0.25, 0.3) is 0 Å². The van der Waals surface area contributed by atoms with Crippen molar-refractivity contribution in [2.24, 2.45) is 10.8 Å². The van der Waals surface area contributed by atoms with Crippen LogP contribution in [0.5, 0.6) is 0 Å². The average Bonchev–Trinajstić information content (AvgIpc) is 3.26. The van der Waals surface area contributed by atoms with Gasteiger partial charge in [-0.15, -0.1) is 0 Å². The Morgan fingerprint density at radius 2 is 1.20 bits per heavy atom. The van der Waals surface area contributed by atoms with Crippen LogP contribution in [0, 0.1) is 10.8 Å². The van der Waals surface area contributed by atoms with Gasteiger partial charge in [-0.3, -0.25) is 0 Å². The maximum atomic E-state index is 11.4. The van der Waals surface area contributed by atoms with Crippen molar-refractivity contribution in [2.45, 2.75) is 130 Å². The van der Waals surface area contributed by atoms with E-state index < -0.39 is 28.3 Å². The number of ether oxygens (including phenoxy) is 1. The lowest BCUT2D eigenvalue weighted by Crippen LogP contribution is -2.65. The number of allylic oxidation sites excluding steroid dienone is 14. The highest BCUT2D eigenvalue weighted by molar-refractivity contribution is 5.37. The second-order valence-electron chi connectivity index (χ2n) is 15.4. The Balaban J connectivity index is 1.55. The van der Waals surface area contributed by atoms with Crippen molar-refractivity contribution in [1.82, 2.24) is 0 Å². The lowest BCUT2D eigenvalue weighted by atomic mass is 9.57. The van der Waals surface area contributed by atoms with Gasteiger partial charge in [0.2, 0.25) is 0 Å². The zero-order chi connectivity index (χ0) is 33.8. The van der Waals surface area contributed by atoms with Crippen molar-refractivity contribution >= 4 is 0 Å². The summed E-state index contributed by atoms with van der Waals surface area (Å²) in [5.74, 6) is 0. The lowest BCUT2D eigenvalue weighted by molar-refractivity contribution is -0.216. The molecule has 4 N–H and O–H groups in total. The molecular weight excluding hydrogens is 560 g/mol. The summed E-state index contributed by atoms with van der Waals surface area (Å²) in [6.45, 7) is 20.0. The molecule has 6 atom stereocenters. The maximum Gasteiger partial charge on any atom is 0.117 e. The standard InChI is InChI=1S/C40H58O5/c1-28(17-13-18-30(3)21-22-40(44)37(7,8)25-33(42)27-39(40,10)43)15-11-12-16-29(2)19-14-20-31(4)34-23-35-36(5,6)24-32(41)26-38(35,9)45-34/h11-23,32-34,41-44H,24-27H2,1-10H3/b12-11+,17-13+,19-14+,22-21+,28-15+,29-16+,30-18+,31-20+/t32-,33-,34+,38+,39+,40-/m0/s1. The van der Waals surface area contributed by atoms with Gasteiger partial charge in [-0.05, 0) is 83.1 Å². The van der Waals surface area contributed by atoms with Crippen LogP contribution in [0.4, 0.5) is 0 Å². The Morgan fingerprint density at radius 1 is 0.689 bits per heavy atom. The van der Waals surface area contributed by atoms with Gasteiger partial charge in [0.25, 0.3) is 0 Å². The zero-order valence-electron chi connectivity index (χ0n) is 29.3. The molecule has 3 rings (SSSR count). The van der Waals surface area contributed by atoms with Crippen LogP contribution in [0.1, 0.15) is 94.9 Å². The number of hydrogen-bond donors (Lipinski definition) is 4. The predicted molar refractivity (Wildman–Crippen MR) is 187 cm³/mol. The molecule has 0 aromatic carbocycles. The van der Waals surface area contributed by atoms with Crippen molar-refractivity contribution in [1.29, 1.82) is 0 Å². The van der Waals surface area contributed by atoms with E-state index in [0.717, 1.165) is 28.7 Å². The first-order valence-electron chi connectivity index (χ1n) is 16.3. The number of aliphatic hydroxyl groups is 4.